The number of piperidine rings is 1. The van der Waals surface area contributed by atoms with Crippen molar-refractivity contribution in [2.24, 2.45) is 5.92 Å². The molecule has 162 valence electrons. The van der Waals surface area contributed by atoms with E-state index in [9.17, 15) is 9.59 Å². The third kappa shape index (κ3) is 5.81. The van der Waals surface area contributed by atoms with E-state index in [0.29, 0.717) is 37.5 Å². The van der Waals surface area contributed by atoms with E-state index in [4.69, 9.17) is 4.74 Å². The van der Waals surface area contributed by atoms with Gasteiger partial charge in [0, 0.05) is 26.1 Å². The third-order valence-corrected chi connectivity index (χ3v) is 5.32. The Morgan fingerprint density at radius 1 is 1.27 bits per heavy atom. The molecule has 1 aromatic carbocycles. The Bertz CT molecular complexity index is 847. The Labute approximate surface area is 177 Å². The van der Waals surface area contributed by atoms with Crippen molar-refractivity contribution in [2.45, 2.75) is 45.6 Å². The van der Waals surface area contributed by atoms with Gasteiger partial charge in [0.2, 0.25) is 5.91 Å². The SMILES string of the molecule is COc1ccc(CCC(=O)N2CCCC(n3cc(C(=O)NCC(C)C)nn3)C2)cc1. The average molecular weight is 414 g/mol. The lowest BCUT2D eigenvalue weighted by Gasteiger charge is -2.32. The van der Waals surface area contributed by atoms with Gasteiger partial charge in [0.05, 0.1) is 19.3 Å². The number of carbonyl (C=O) groups excluding carboxylic acids is 2. The van der Waals surface area contributed by atoms with E-state index < -0.39 is 0 Å². The van der Waals surface area contributed by atoms with Crippen molar-refractivity contribution in [3.05, 3.63) is 41.7 Å². The number of nitrogens with zero attached hydrogens (tertiary/aromatic N) is 4. The Hall–Kier alpha value is -2.90. The van der Waals surface area contributed by atoms with Gasteiger partial charge in [-0.05, 0) is 42.9 Å². The van der Waals surface area contributed by atoms with Crippen molar-refractivity contribution in [2.75, 3.05) is 26.7 Å². The van der Waals surface area contributed by atoms with Crippen LogP contribution in [0.1, 0.15) is 55.2 Å². The third-order valence-electron chi connectivity index (χ3n) is 5.32. The van der Waals surface area contributed by atoms with Crippen LogP contribution in [0.3, 0.4) is 0 Å². The molecule has 0 bridgehead atoms. The highest BCUT2D eigenvalue weighted by molar-refractivity contribution is 5.91. The van der Waals surface area contributed by atoms with Crippen LogP contribution in [0.5, 0.6) is 5.75 Å². The molecular weight excluding hydrogens is 382 g/mol. The average Bonchev–Trinajstić information content (AvgIpc) is 3.26. The fourth-order valence-corrected chi connectivity index (χ4v) is 3.55. The first-order valence-corrected chi connectivity index (χ1v) is 10.6. The number of rotatable bonds is 8. The molecule has 2 heterocycles. The molecule has 1 saturated heterocycles. The minimum Gasteiger partial charge on any atom is -0.497 e. The summed E-state index contributed by atoms with van der Waals surface area (Å²) in [5, 5.41) is 11.0. The van der Waals surface area contributed by atoms with Crippen molar-refractivity contribution >= 4 is 11.8 Å². The van der Waals surface area contributed by atoms with Crippen LogP contribution in [0, 0.1) is 5.92 Å². The minimum atomic E-state index is -0.210. The summed E-state index contributed by atoms with van der Waals surface area (Å²) in [7, 11) is 1.64. The van der Waals surface area contributed by atoms with E-state index in [1.165, 1.54) is 0 Å². The van der Waals surface area contributed by atoms with Crippen LogP contribution in [0.4, 0.5) is 0 Å². The minimum absolute atomic E-state index is 0.0443. The molecule has 1 aliphatic heterocycles. The highest BCUT2D eigenvalue weighted by atomic mass is 16.5. The van der Waals surface area contributed by atoms with Crippen LogP contribution >= 0.6 is 0 Å². The highest BCUT2D eigenvalue weighted by Gasteiger charge is 2.26. The number of aryl methyl sites for hydroxylation is 1. The number of amides is 2. The lowest BCUT2D eigenvalue weighted by molar-refractivity contribution is -0.132. The van der Waals surface area contributed by atoms with Crippen molar-refractivity contribution in [3.63, 3.8) is 0 Å². The van der Waals surface area contributed by atoms with Gasteiger partial charge in [0.1, 0.15) is 5.75 Å². The second-order valence-corrected chi connectivity index (χ2v) is 8.17. The van der Waals surface area contributed by atoms with Gasteiger partial charge in [0.15, 0.2) is 5.69 Å². The lowest BCUT2D eigenvalue weighted by atomic mass is 10.0. The molecule has 30 heavy (non-hydrogen) atoms. The maximum absolute atomic E-state index is 12.7. The molecule has 0 spiro atoms. The van der Waals surface area contributed by atoms with Gasteiger partial charge in [-0.25, -0.2) is 4.68 Å². The van der Waals surface area contributed by atoms with Crippen molar-refractivity contribution in [1.82, 2.24) is 25.2 Å². The molecule has 1 unspecified atom stereocenters. The number of ether oxygens (including phenoxy) is 1. The smallest absolute Gasteiger partial charge is 0.273 e. The number of hydrogen-bond donors (Lipinski definition) is 1. The lowest BCUT2D eigenvalue weighted by Crippen LogP contribution is -2.41. The van der Waals surface area contributed by atoms with Gasteiger partial charge in [-0.3, -0.25) is 9.59 Å². The van der Waals surface area contributed by atoms with Gasteiger partial charge in [-0.15, -0.1) is 5.10 Å². The van der Waals surface area contributed by atoms with E-state index in [0.717, 1.165) is 30.7 Å². The molecular formula is C22H31N5O3. The van der Waals surface area contributed by atoms with E-state index in [-0.39, 0.29) is 17.9 Å². The Morgan fingerprint density at radius 2 is 2.03 bits per heavy atom. The Kier molecular flexibility index (Phi) is 7.43. The van der Waals surface area contributed by atoms with Crippen molar-refractivity contribution in [3.8, 4) is 5.75 Å². The predicted molar refractivity (Wildman–Crippen MR) is 113 cm³/mol. The number of likely N-dealkylation sites (tertiary alicyclic amines) is 1. The summed E-state index contributed by atoms with van der Waals surface area (Å²) < 4.78 is 6.90. The Morgan fingerprint density at radius 3 is 2.73 bits per heavy atom. The van der Waals surface area contributed by atoms with Crippen LogP contribution < -0.4 is 10.1 Å². The van der Waals surface area contributed by atoms with Crippen LogP contribution in [0.2, 0.25) is 0 Å². The standard InChI is InChI=1S/C22H31N5O3/c1-16(2)13-23-22(29)20-15-27(25-24-20)18-5-4-12-26(14-18)21(28)11-8-17-6-9-19(30-3)10-7-17/h6-7,9-10,15-16,18H,4-5,8,11-14H2,1-3H3,(H,23,29). The fourth-order valence-electron chi connectivity index (χ4n) is 3.55. The van der Waals surface area contributed by atoms with Gasteiger partial charge in [0.25, 0.3) is 5.91 Å². The second-order valence-electron chi connectivity index (χ2n) is 8.17. The molecule has 1 N–H and O–H groups in total. The van der Waals surface area contributed by atoms with Crippen molar-refractivity contribution < 1.29 is 14.3 Å². The summed E-state index contributed by atoms with van der Waals surface area (Å²) in [6.45, 7) is 6.04. The van der Waals surface area contributed by atoms with Gasteiger partial charge < -0.3 is 15.0 Å². The molecule has 0 radical (unpaired) electrons. The van der Waals surface area contributed by atoms with Crippen LogP contribution in [-0.4, -0.2) is 58.5 Å². The summed E-state index contributed by atoms with van der Waals surface area (Å²) in [5.74, 6) is 1.12. The molecule has 8 heteroatoms. The zero-order valence-corrected chi connectivity index (χ0v) is 18.0. The maximum atomic E-state index is 12.7. The number of carbonyl (C=O) groups is 2. The largest absolute Gasteiger partial charge is 0.497 e. The van der Waals surface area contributed by atoms with Gasteiger partial charge in [-0.2, -0.15) is 0 Å². The normalized spacial score (nSPS) is 16.5. The molecule has 1 fully saturated rings. The molecule has 3 rings (SSSR count). The molecule has 0 saturated carbocycles. The van der Waals surface area contributed by atoms with Gasteiger partial charge >= 0.3 is 0 Å². The maximum Gasteiger partial charge on any atom is 0.273 e. The zero-order chi connectivity index (χ0) is 21.5. The fraction of sp³-hybridized carbons (Fsp3) is 0.545. The van der Waals surface area contributed by atoms with Crippen LogP contribution in [0.25, 0.3) is 0 Å². The summed E-state index contributed by atoms with van der Waals surface area (Å²) in [6.07, 6.45) is 4.69. The van der Waals surface area contributed by atoms with E-state index in [2.05, 4.69) is 15.6 Å². The van der Waals surface area contributed by atoms with Crippen LogP contribution in [-0.2, 0) is 11.2 Å². The quantitative estimate of drug-likeness (QED) is 0.718. The molecule has 1 aliphatic rings. The van der Waals surface area contributed by atoms with Gasteiger partial charge in [-0.1, -0.05) is 31.2 Å². The number of benzene rings is 1. The number of aromatic nitrogens is 3. The second kappa shape index (κ2) is 10.2. The first-order chi connectivity index (χ1) is 14.5. The number of nitrogens with one attached hydrogen (secondary N) is 1. The summed E-state index contributed by atoms with van der Waals surface area (Å²) >= 11 is 0. The summed E-state index contributed by atoms with van der Waals surface area (Å²) in [4.78, 5) is 26.8. The zero-order valence-electron chi connectivity index (χ0n) is 18.0. The first-order valence-electron chi connectivity index (χ1n) is 10.6. The van der Waals surface area contributed by atoms with E-state index in [1.54, 1.807) is 18.0 Å². The molecule has 1 atom stereocenters. The van der Waals surface area contributed by atoms with Crippen LogP contribution in [0.15, 0.2) is 30.5 Å². The van der Waals surface area contributed by atoms with E-state index >= 15 is 0 Å². The first kappa shape index (κ1) is 21.8. The Balaban J connectivity index is 1.53. The molecule has 2 aromatic rings. The monoisotopic (exact) mass is 413 g/mol. The molecule has 0 aliphatic carbocycles. The summed E-state index contributed by atoms with van der Waals surface area (Å²) in [6, 6.07) is 7.86. The number of methoxy groups -OCH3 is 1. The topological polar surface area (TPSA) is 89.4 Å². The molecule has 2 amide bonds. The van der Waals surface area contributed by atoms with E-state index in [1.807, 2.05) is 43.0 Å². The molecule has 8 nitrogen and oxygen atoms in total. The predicted octanol–water partition coefficient (Wildman–Crippen LogP) is 2.47. The highest BCUT2D eigenvalue weighted by Crippen LogP contribution is 2.22. The molecule has 1 aromatic heterocycles. The summed E-state index contributed by atoms with van der Waals surface area (Å²) in [5.41, 5.74) is 1.43. The van der Waals surface area contributed by atoms with Crippen molar-refractivity contribution in [1.29, 1.82) is 0 Å². The number of hydrogen-bond acceptors (Lipinski definition) is 5.